The molecule has 0 saturated carbocycles. The number of nitrogens with one attached hydrogen (secondary N) is 1. The van der Waals surface area contributed by atoms with E-state index in [9.17, 15) is 9.90 Å². The summed E-state index contributed by atoms with van der Waals surface area (Å²) >= 11 is 0. The second-order valence-electron chi connectivity index (χ2n) is 5.85. The molecule has 3 atom stereocenters. The first-order valence-electron chi connectivity index (χ1n) is 7.55. The van der Waals surface area contributed by atoms with Gasteiger partial charge in [-0.2, -0.15) is 0 Å². The van der Waals surface area contributed by atoms with Crippen LogP contribution in [-0.4, -0.2) is 17.7 Å². The maximum Gasteiger partial charge on any atom is 0.336 e. The van der Waals surface area contributed by atoms with Crippen molar-refractivity contribution in [2.24, 2.45) is 5.92 Å². The molecule has 22 heavy (non-hydrogen) atoms. The molecule has 1 saturated heterocycles. The molecule has 4 heteroatoms. The average Bonchev–Trinajstić information content (AvgIpc) is 3.04. The second-order valence-corrected chi connectivity index (χ2v) is 5.85. The van der Waals surface area contributed by atoms with E-state index in [1.807, 2.05) is 30.3 Å². The van der Waals surface area contributed by atoms with Gasteiger partial charge in [0.05, 0.1) is 17.7 Å². The molecule has 0 spiro atoms. The summed E-state index contributed by atoms with van der Waals surface area (Å²) in [4.78, 5) is 11.5. The van der Waals surface area contributed by atoms with Crippen LogP contribution in [0.25, 0.3) is 0 Å². The minimum absolute atomic E-state index is 0.0327. The zero-order chi connectivity index (χ0) is 15.1. The van der Waals surface area contributed by atoms with Gasteiger partial charge in [-0.05, 0) is 24.1 Å². The Hall–Kier alpha value is -2.33. The third kappa shape index (κ3) is 1.99. The highest BCUT2D eigenvalue weighted by molar-refractivity contribution is 5.89. The van der Waals surface area contributed by atoms with Gasteiger partial charge in [-0.15, -0.1) is 0 Å². The molecule has 3 unspecified atom stereocenters. The molecule has 2 aliphatic rings. The number of hydrogen-bond acceptors (Lipinski definition) is 3. The van der Waals surface area contributed by atoms with Crippen LogP contribution in [-0.2, 0) is 4.74 Å². The Morgan fingerprint density at radius 2 is 1.82 bits per heavy atom. The van der Waals surface area contributed by atoms with Crippen LogP contribution >= 0.6 is 0 Å². The molecular formula is C18H17NO3. The molecular weight excluding hydrogens is 278 g/mol. The fraction of sp³-hybridized carbons (Fsp3) is 0.278. The lowest BCUT2D eigenvalue weighted by Crippen LogP contribution is -2.30. The van der Waals surface area contributed by atoms with Crippen molar-refractivity contribution < 1.29 is 14.6 Å². The largest absolute Gasteiger partial charge is 0.478 e. The first-order chi connectivity index (χ1) is 10.8. The molecule has 2 N–H and O–H groups in total. The number of carboxylic acid groups (broad SMARTS) is 1. The summed E-state index contributed by atoms with van der Waals surface area (Å²) in [6.45, 7) is 0.719. The van der Waals surface area contributed by atoms with Crippen molar-refractivity contribution >= 4 is 11.7 Å². The Morgan fingerprint density at radius 3 is 2.64 bits per heavy atom. The Morgan fingerprint density at radius 1 is 1.09 bits per heavy atom. The van der Waals surface area contributed by atoms with E-state index in [1.165, 1.54) is 5.56 Å². The number of rotatable bonds is 2. The van der Waals surface area contributed by atoms with Crippen molar-refractivity contribution in [3.63, 3.8) is 0 Å². The standard InChI is InChI=1S/C18H17NO3/c20-18(21)12-6-2-1-5-11(12)16-14-9-10-22-17(14)13-7-3-4-8-15(13)19-16/h1-8,14,16-17,19H,9-10H2,(H,20,21). The zero-order valence-electron chi connectivity index (χ0n) is 12.0. The van der Waals surface area contributed by atoms with Crippen LogP contribution in [0, 0.1) is 5.92 Å². The van der Waals surface area contributed by atoms with Crippen molar-refractivity contribution in [1.29, 1.82) is 0 Å². The molecule has 0 bridgehead atoms. The minimum Gasteiger partial charge on any atom is -0.478 e. The van der Waals surface area contributed by atoms with Crippen LogP contribution in [0.15, 0.2) is 48.5 Å². The average molecular weight is 295 g/mol. The molecule has 4 nitrogen and oxygen atoms in total. The van der Waals surface area contributed by atoms with Gasteiger partial charge in [0, 0.05) is 23.8 Å². The van der Waals surface area contributed by atoms with Gasteiger partial charge in [-0.3, -0.25) is 0 Å². The van der Waals surface area contributed by atoms with E-state index < -0.39 is 5.97 Å². The normalized spacial score (nSPS) is 25.9. The smallest absolute Gasteiger partial charge is 0.336 e. The number of ether oxygens (including phenoxy) is 1. The lowest BCUT2D eigenvalue weighted by Gasteiger charge is -2.37. The number of aromatic carboxylic acids is 1. The Labute approximate surface area is 128 Å². The summed E-state index contributed by atoms with van der Waals surface area (Å²) < 4.78 is 5.95. The highest BCUT2D eigenvalue weighted by Crippen LogP contribution is 2.50. The van der Waals surface area contributed by atoms with Crippen molar-refractivity contribution in [3.8, 4) is 0 Å². The molecule has 0 radical (unpaired) electrons. The van der Waals surface area contributed by atoms with Gasteiger partial charge in [-0.1, -0.05) is 36.4 Å². The molecule has 2 aromatic carbocycles. The van der Waals surface area contributed by atoms with Crippen LogP contribution in [0.1, 0.15) is 40.1 Å². The topological polar surface area (TPSA) is 58.6 Å². The third-order valence-corrected chi connectivity index (χ3v) is 4.67. The van der Waals surface area contributed by atoms with E-state index in [2.05, 4.69) is 11.4 Å². The molecule has 1 fully saturated rings. The summed E-state index contributed by atoms with van der Waals surface area (Å²) in [5.74, 6) is -0.623. The van der Waals surface area contributed by atoms with Crippen molar-refractivity contribution in [1.82, 2.24) is 0 Å². The van der Waals surface area contributed by atoms with Crippen LogP contribution in [0.3, 0.4) is 0 Å². The quantitative estimate of drug-likeness (QED) is 0.888. The summed E-state index contributed by atoms with van der Waals surface area (Å²) in [5, 5.41) is 13.0. The lowest BCUT2D eigenvalue weighted by atomic mass is 9.80. The minimum atomic E-state index is -0.883. The van der Waals surface area contributed by atoms with Crippen LogP contribution in [0.2, 0.25) is 0 Å². The van der Waals surface area contributed by atoms with Crippen LogP contribution in [0.4, 0.5) is 5.69 Å². The van der Waals surface area contributed by atoms with E-state index in [1.54, 1.807) is 12.1 Å². The number of fused-ring (bicyclic) bond motifs is 3. The Bertz CT molecular complexity index is 728. The third-order valence-electron chi connectivity index (χ3n) is 4.67. The maximum atomic E-state index is 11.5. The van der Waals surface area contributed by atoms with Gasteiger partial charge >= 0.3 is 5.97 Å². The summed E-state index contributed by atoms with van der Waals surface area (Å²) in [5.41, 5.74) is 3.42. The SMILES string of the molecule is O=C(O)c1ccccc1C1Nc2ccccc2C2OCCC12. The summed E-state index contributed by atoms with van der Waals surface area (Å²) in [6, 6.07) is 15.3. The molecule has 0 aliphatic carbocycles. The number of para-hydroxylation sites is 1. The zero-order valence-corrected chi connectivity index (χ0v) is 12.0. The fourth-order valence-corrected chi connectivity index (χ4v) is 3.69. The van der Waals surface area contributed by atoms with Gasteiger partial charge in [-0.25, -0.2) is 4.79 Å². The van der Waals surface area contributed by atoms with Gasteiger partial charge in [0.15, 0.2) is 0 Å². The van der Waals surface area contributed by atoms with Gasteiger partial charge in [0.1, 0.15) is 0 Å². The Kier molecular flexibility index (Phi) is 3.12. The van der Waals surface area contributed by atoms with Crippen molar-refractivity contribution in [3.05, 3.63) is 65.2 Å². The van der Waals surface area contributed by atoms with Gasteiger partial charge in [0.25, 0.3) is 0 Å². The monoisotopic (exact) mass is 295 g/mol. The predicted molar refractivity (Wildman–Crippen MR) is 83.0 cm³/mol. The molecule has 112 valence electrons. The highest BCUT2D eigenvalue weighted by Gasteiger charge is 2.42. The first kappa shape index (κ1) is 13.3. The van der Waals surface area contributed by atoms with Crippen molar-refractivity contribution in [2.45, 2.75) is 18.6 Å². The first-order valence-corrected chi connectivity index (χ1v) is 7.55. The van der Waals surface area contributed by atoms with Crippen LogP contribution < -0.4 is 5.32 Å². The van der Waals surface area contributed by atoms with Crippen LogP contribution in [0.5, 0.6) is 0 Å². The maximum absolute atomic E-state index is 11.5. The van der Waals surface area contributed by atoms with Crippen molar-refractivity contribution in [2.75, 3.05) is 11.9 Å². The van der Waals surface area contributed by atoms with E-state index in [0.29, 0.717) is 5.56 Å². The number of anilines is 1. The molecule has 2 heterocycles. The molecule has 0 amide bonds. The van der Waals surface area contributed by atoms with Gasteiger partial charge in [0.2, 0.25) is 0 Å². The lowest BCUT2D eigenvalue weighted by molar-refractivity contribution is 0.0689. The predicted octanol–water partition coefficient (Wildman–Crippen LogP) is 3.63. The second kappa shape index (κ2) is 5.14. The molecule has 0 aromatic heterocycles. The number of carbonyl (C=O) groups is 1. The fourth-order valence-electron chi connectivity index (χ4n) is 3.69. The number of carboxylic acids is 1. The highest BCUT2D eigenvalue weighted by atomic mass is 16.5. The molecule has 2 aliphatic heterocycles. The molecule has 2 aromatic rings. The molecule has 4 rings (SSSR count). The van der Waals surface area contributed by atoms with Gasteiger partial charge < -0.3 is 15.2 Å². The van der Waals surface area contributed by atoms with E-state index in [0.717, 1.165) is 24.3 Å². The Balaban J connectivity index is 1.82. The van der Waals surface area contributed by atoms with E-state index >= 15 is 0 Å². The number of hydrogen-bond donors (Lipinski definition) is 2. The van der Waals surface area contributed by atoms with E-state index in [4.69, 9.17) is 4.74 Å². The number of benzene rings is 2. The summed E-state index contributed by atoms with van der Waals surface area (Å²) in [6.07, 6.45) is 0.981. The summed E-state index contributed by atoms with van der Waals surface area (Å²) in [7, 11) is 0. The van der Waals surface area contributed by atoms with E-state index in [-0.39, 0.29) is 18.1 Å².